The number of hydrogen-bond acceptors (Lipinski definition) is 8. The number of carbonyl (C=O) groups is 1. The number of benzene rings is 1. The van der Waals surface area contributed by atoms with Crippen molar-refractivity contribution in [1.82, 2.24) is 9.97 Å². The van der Waals surface area contributed by atoms with E-state index in [1.807, 2.05) is 0 Å². The maximum atomic E-state index is 11.8. The number of aromatic nitrogens is 2. The van der Waals surface area contributed by atoms with Crippen molar-refractivity contribution in [3.63, 3.8) is 0 Å². The summed E-state index contributed by atoms with van der Waals surface area (Å²) >= 11 is 0. The van der Waals surface area contributed by atoms with Gasteiger partial charge in [0.25, 0.3) is 5.56 Å². The van der Waals surface area contributed by atoms with E-state index < -0.39 is 17.3 Å². The summed E-state index contributed by atoms with van der Waals surface area (Å²) in [5.41, 5.74) is 5.94. The second-order valence-electron chi connectivity index (χ2n) is 5.05. The van der Waals surface area contributed by atoms with Gasteiger partial charge in [0, 0.05) is 5.69 Å². The summed E-state index contributed by atoms with van der Waals surface area (Å²) in [5.74, 6) is -1.54. The lowest BCUT2D eigenvalue weighted by molar-refractivity contribution is -0.268. The fourth-order valence-corrected chi connectivity index (χ4v) is 2.21. The molecular weight excluding hydrogens is 316 g/mol. The zero-order valence-electron chi connectivity index (χ0n) is 12.3. The van der Waals surface area contributed by atoms with Gasteiger partial charge in [-0.2, -0.15) is 4.98 Å². The van der Waals surface area contributed by atoms with Crippen LogP contribution >= 0.6 is 0 Å². The lowest BCUT2D eigenvalue weighted by Gasteiger charge is -2.18. The van der Waals surface area contributed by atoms with E-state index in [0.29, 0.717) is 23.8 Å². The third kappa shape index (κ3) is 2.97. The molecule has 0 aliphatic carbocycles. The smallest absolute Gasteiger partial charge is 0.335 e. The first-order valence-corrected chi connectivity index (χ1v) is 6.92. The molecule has 0 fully saturated rings. The molecule has 1 aliphatic rings. The molecular formula is C14H13N6O4-. The molecule has 2 aromatic rings. The monoisotopic (exact) mass is 329 g/mol. The number of nitrogens with two attached hydrogens (primary N) is 1. The Bertz CT molecular complexity index is 905. The van der Waals surface area contributed by atoms with Crippen LogP contribution in [-0.2, 0) is 0 Å². The van der Waals surface area contributed by atoms with E-state index >= 15 is 0 Å². The lowest BCUT2D eigenvalue weighted by Crippen LogP contribution is -2.28. The number of aromatic amines is 1. The van der Waals surface area contributed by atoms with Gasteiger partial charge in [0.05, 0.1) is 24.4 Å². The predicted octanol–water partition coefficient (Wildman–Crippen LogP) is -0.266. The molecule has 1 aromatic heterocycles. The number of anilines is 3. The number of carboxylic acids is 1. The molecule has 0 atom stereocenters. The molecule has 0 saturated heterocycles. The van der Waals surface area contributed by atoms with E-state index in [0.717, 1.165) is 0 Å². The molecule has 0 radical (unpaired) electrons. The summed E-state index contributed by atoms with van der Waals surface area (Å²) in [4.78, 5) is 33.2. The van der Waals surface area contributed by atoms with E-state index in [-0.39, 0.29) is 23.7 Å². The van der Waals surface area contributed by atoms with Crippen molar-refractivity contribution in [3.05, 3.63) is 34.1 Å². The Morgan fingerprint density at radius 2 is 2.25 bits per heavy atom. The Morgan fingerprint density at radius 3 is 2.96 bits per heavy atom. The number of rotatable bonds is 4. The first-order valence-electron chi connectivity index (χ1n) is 6.92. The van der Waals surface area contributed by atoms with Crippen LogP contribution in [0.3, 0.4) is 0 Å². The van der Waals surface area contributed by atoms with Crippen molar-refractivity contribution >= 4 is 34.8 Å². The highest BCUT2D eigenvalue weighted by Crippen LogP contribution is 2.22. The van der Waals surface area contributed by atoms with Crippen LogP contribution in [0, 0.1) is 0 Å². The zero-order valence-corrected chi connectivity index (χ0v) is 12.3. The van der Waals surface area contributed by atoms with Gasteiger partial charge in [0.1, 0.15) is 0 Å². The minimum Gasteiger partial charge on any atom is -0.872 e. The maximum Gasteiger partial charge on any atom is 0.335 e. The average Bonchev–Trinajstić information content (AvgIpc) is 2.52. The molecule has 2 heterocycles. The standard InChI is InChI=1S/C14H14N6O4/c15-14-19-11-10(12(22)20-14)18-7(5-17-11)4-16-6-1-2-8(13(23)24)9(21)3-6/h1-3,16,21H,4-5H2,(H,23,24)(H4,15,17,19,20,22)/p-1. The van der Waals surface area contributed by atoms with Gasteiger partial charge >= 0.3 is 5.97 Å². The Morgan fingerprint density at radius 1 is 1.46 bits per heavy atom. The van der Waals surface area contributed by atoms with Gasteiger partial charge in [0.15, 0.2) is 11.5 Å². The summed E-state index contributed by atoms with van der Waals surface area (Å²) in [6.45, 7) is 0.620. The lowest BCUT2D eigenvalue weighted by atomic mass is 10.2. The van der Waals surface area contributed by atoms with E-state index in [2.05, 4.69) is 25.6 Å². The number of H-pyrrole nitrogens is 1. The zero-order chi connectivity index (χ0) is 17.3. The molecule has 0 amide bonds. The predicted molar refractivity (Wildman–Crippen MR) is 86.2 cm³/mol. The minimum atomic E-state index is -1.27. The summed E-state index contributed by atoms with van der Waals surface area (Å²) in [6, 6.07) is 3.93. The van der Waals surface area contributed by atoms with Gasteiger partial charge in [-0.1, -0.05) is 5.75 Å². The molecule has 1 aliphatic heterocycles. The molecule has 24 heavy (non-hydrogen) atoms. The third-order valence-corrected chi connectivity index (χ3v) is 3.35. The number of nitrogens with one attached hydrogen (secondary N) is 3. The molecule has 10 nitrogen and oxygen atoms in total. The van der Waals surface area contributed by atoms with E-state index in [1.165, 1.54) is 18.2 Å². The Kier molecular flexibility index (Phi) is 3.78. The Labute approximate surface area is 135 Å². The first-order chi connectivity index (χ1) is 11.4. The number of fused-ring (bicyclic) bond motifs is 1. The number of nitrogens with zero attached hydrogens (tertiary/aromatic N) is 2. The number of aromatic carboxylic acids is 1. The van der Waals surface area contributed by atoms with E-state index in [4.69, 9.17) is 10.8 Å². The van der Waals surface area contributed by atoms with Crippen LogP contribution in [0.5, 0.6) is 5.75 Å². The molecule has 1 aromatic carbocycles. The van der Waals surface area contributed by atoms with Gasteiger partial charge in [-0.15, -0.1) is 0 Å². The number of carboxylic acid groups (broad SMARTS) is 1. The highest BCUT2D eigenvalue weighted by atomic mass is 16.4. The molecule has 0 bridgehead atoms. The quantitative estimate of drug-likeness (QED) is 0.510. The summed E-state index contributed by atoms with van der Waals surface area (Å²) < 4.78 is 0. The van der Waals surface area contributed by atoms with Crippen molar-refractivity contribution in [2.45, 2.75) is 0 Å². The SMILES string of the molecule is Nc1nc2c(c(=O)[nH]1)N=C(CNc1ccc(C(=O)O)c([O-])c1)CN2. The van der Waals surface area contributed by atoms with Gasteiger partial charge in [-0.25, -0.2) is 9.79 Å². The van der Waals surface area contributed by atoms with Gasteiger partial charge < -0.3 is 26.6 Å². The van der Waals surface area contributed by atoms with Crippen LogP contribution in [0.1, 0.15) is 10.4 Å². The number of nitrogen functional groups attached to an aromatic ring is 1. The molecule has 0 saturated carbocycles. The van der Waals surface area contributed by atoms with Crippen LogP contribution in [0.15, 0.2) is 28.0 Å². The Balaban J connectivity index is 1.76. The Hall–Kier alpha value is -3.56. The molecule has 10 heteroatoms. The van der Waals surface area contributed by atoms with Crippen LogP contribution in [0.4, 0.5) is 23.1 Å². The second-order valence-corrected chi connectivity index (χ2v) is 5.05. The van der Waals surface area contributed by atoms with Crippen molar-refractivity contribution in [1.29, 1.82) is 0 Å². The van der Waals surface area contributed by atoms with E-state index in [1.54, 1.807) is 0 Å². The topological polar surface area (TPSA) is 169 Å². The normalized spacial score (nSPS) is 12.8. The van der Waals surface area contributed by atoms with Crippen molar-refractivity contribution in [3.8, 4) is 5.75 Å². The van der Waals surface area contributed by atoms with Crippen LogP contribution in [0.2, 0.25) is 0 Å². The van der Waals surface area contributed by atoms with Crippen LogP contribution < -0.4 is 27.0 Å². The van der Waals surface area contributed by atoms with E-state index in [9.17, 15) is 14.7 Å². The van der Waals surface area contributed by atoms with Crippen molar-refractivity contribution in [2.75, 3.05) is 29.5 Å². The maximum absolute atomic E-state index is 11.8. The second kappa shape index (κ2) is 5.91. The van der Waals surface area contributed by atoms with Crippen LogP contribution in [-0.4, -0.2) is 39.8 Å². The van der Waals surface area contributed by atoms with Gasteiger partial charge in [0.2, 0.25) is 5.95 Å². The summed E-state index contributed by atoms with van der Waals surface area (Å²) in [5, 5.41) is 26.4. The highest BCUT2D eigenvalue weighted by Gasteiger charge is 2.16. The van der Waals surface area contributed by atoms with Crippen LogP contribution in [0.25, 0.3) is 0 Å². The fourth-order valence-electron chi connectivity index (χ4n) is 2.21. The summed E-state index contributed by atoms with van der Waals surface area (Å²) in [6.07, 6.45) is 0. The fraction of sp³-hybridized carbons (Fsp3) is 0.143. The summed E-state index contributed by atoms with van der Waals surface area (Å²) in [7, 11) is 0. The van der Waals surface area contributed by atoms with Crippen molar-refractivity contribution < 1.29 is 15.0 Å². The minimum absolute atomic E-state index is 0.00419. The largest absolute Gasteiger partial charge is 0.872 e. The third-order valence-electron chi connectivity index (χ3n) is 3.35. The molecule has 124 valence electrons. The molecule has 3 rings (SSSR count). The van der Waals surface area contributed by atoms with Gasteiger partial charge in [-0.05, 0) is 18.2 Å². The van der Waals surface area contributed by atoms with Gasteiger partial charge in [-0.3, -0.25) is 9.78 Å². The highest BCUT2D eigenvalue weighted by molar-refractivity contribution is 5.97. The molecule has 0 unspecified atom stereocenters. The molecule has 0 spiro atoms. The first kappa shape index (κ1) is 15.3. The molecule has 6 N–H and O–H groups in total. The number of hydrogen-bond donors (Lipinski definition) is 5. The van der Waals surface area contributed by atoms with Crippen molar-refractivity contribution in [2.24, 2.45) is 4.99 Å². The number of aliphatic imine (C=N–C) groups is 1. The average molecular weight is 329 g/mol.